The van der Waals surface area contributed by atoms with E-state index in [0.717, 1.165) is 16.0 Å². The van der Waals surface area contributed by atoms with Gasteiger partial charge in [0.15, 0.2) is 11.6 Å². The van der Waals surface area contributed by atoms with Crippen molar-refractivity contribution in [3.8, 4) is 11.6 Å². The zero-order valence-electron chi connectivity index (χ0n) is 10.4. The predicted molar refractivity (Wildman–Crippen MR) is 73.5 cm³/mol. The van der Waals surface area contributed by atoms with Crippen LogP contribution in [0.4, 0.5) is 5.82 Å². The van der Waals surface area contributed by atoms with E-state index in [-0.39, 0.29) is 0 Å². The van der Waals surface area contributed by atoms with Gasteiger partial charge >= 0.3 is 0 Å². The van der Waals surface area contributed by atoms with E-state index in [1.807, 2.05) is 24.7 Å². The number of hydrogen-bond donors (Lipinski definition) is 1. The van der Waals surface area contributed by atoms with E-state index in [1.54, 1.807) is 17.5 Å². The van der Waals surface area contributed by atoms with Crippen LogP contribution in [-0.4, -0.2) is 19.5 Å². The van der Waals surface area contributed by atoms with Gasteiger partial charge in [0.25, 0.3) is 0 Å². The summed E-state index contributed by atoms with van der Waals surface area (Å²) in [5, 5.41) is 0.968. The van der Waals surface area contributed by atoms with Crippen LogP contribution in [0.15, 0.2) is 12.4 Å². The van der Waals surface area contributed by atoms with Crippen molar-refractivity contribution in [2.24, 2.45) is 7.05 Å². The fraction of sp³-hybridized carbons (Fsp3) is 0.250. The Hall–Kier alpha value is -1.95. The number of nitrogen functional groups attached to an aromatic ring is 1. The van der Waals surface area contributed by atoms with Crippen molar-refractivity contribution < 1.29 is 0 Å². The van der Waals surface area contributed by atoms with Gasteiger partial charge in [-0.3, -0.25) is 0 Å². The number of nitrogens with zero attached hydrogens (tertiary/aromatic N) is 4. The highest BCUT2D eigenvalue weighted by molar-refractivity contribution is 7.18. The first kappa shape index (κ1) is 11.2. The Kier molecular flexibility index (Phi) is 2.34. The molecule has 0 aliphatic heterocycles. The van der Waals surface area contributed by atoms with Gasteiger partial charge in [-0.2, -0.15) is 0 Å². The minimum Gasteiger partial charge on any atom is -0.383 e. The second-order valence-corrected chi connectivity index (χ2v) is 5.46. The SMILES string of the molecule is Cc1sc2nc(-c3nccn3C)nc(N)c2c1C. The van der Waals surface area contributed by atoms with E-state index in [9.17, 15) is 0 Å². The summed E-state index contributed by atoms with van der Waals surface area (Å²) in [6.45, 7) is 4.12. The summed E-state index contributed by atoms with van der Waals surface area (Å²) in [4.78, 5) is 15.3. The molecule has 3 aromatic heterocycles. The summed E-state index contributed by atoms with van der Waals surface area (Å²) in [5.74, 6) is 1.83. The molecule has 0 unspecified atom stereocenters. The minimum atomic E-state index is 0.528. The first-order valence-corrected chi connectivity index (χ1v) is 6.40. The van der Waals surface area contributed by atoms with Gasteiger partial charge in [-0.1, -0.05) is 0 Å². The van der Waals surface area contributed by atoms with Crippen LogP contribution in [0.3, 0.4) is 0 Å². The average molecular weight is 259 g/mol. The Morgan fingerprint density at radius 3 is 2.72 bits per heavy atom. The largest absolute Gasteiger partial charge is 0.383 e. The molecule has 6 heteroatoms. The molecular formula is C12H13N5S. The molecule has 0 radical (unpaired) electrons. The number of hydrogen-bond acceptors (Lipinski definition) is 5. The maximum absolute atomic E-state index is 6.05. The lowest BCUT2D eigenvalue weighted by Gasteiger charge is -2.03. The zero-order valence-corrected chi connectivity index (χ0v) is 11.2. The maximum atomic E-state index is 6.05. The molecule has 3 heterocycles. The van der Waals surface area contributed by atoms with Crippen LogP contribution >= 0.6 is 11.3 Å². The van der Waals surface area contributed by atoms with Crippen molar-refractivity contribution in [2.75, 3.05) is 5.73 Å². The Balaban J connectivity index is 2.31. The number of anilines is 1. The number of rotatable bonds is 1. The van der Waals surface area contributed by atoms with Gasteiger partial charge in [0.05, 0.1) is 5.39 Å². The third kappa shape index (κ3) is 1.49. The molecule has 0 spiro atoms. The van der Waals surface area contributed by atoms with Crippen molar-refractivity contribution >= 4 is 27.4 Å². The molecule has 0 amide bonds. The molecule has 0 aliphatic rings. The second kappa shape index (κ2) is 3.78. The topological polar surface area (TPSA) is 69.6 Å². The van der Waals surface area contributed by atoms with Crippen LogP contribution in [0.2, 0.25) is 0 Å². The molecule has 0 aromatic carbocycles. The molecule has 3 aromatic rings. The van der Waals surface area contributed by atoms with Gasteiger partial charge in [0.1, 0.15) is 10.6 Å². The summed E-state index contributed by atoms with van der Waals surface area (Å²) in [6.07, 6.45) is 3.59. The summed E-state index contributed by atoms with van der Waals surface area (Å²) >= 11 is 1.64. The summed E-state index contributed by atoms with van der Waals surface area (Å²) < 4.78 is 1.88. The minimum absolute atomic E-state index is 0.528. The van der Waals surface area contributed by atoms with Crippen LogP contribution in [-0.2, 0) is 7.05 Å². The summed E-state index contributed by atoms with van der Waals surface area (Å²) in [7, 11) is 1.91. The number of nitrogens with two attached hydrogens (primary N) is 1. The van der Waals surface area contributed by atoms with Gasteiger partial charge in [0.2, 0.25) is 0 Å². The zero-order chi connectivity index (χ0) is 12.9. The summed E-state index contributed by atoms with van der Waals surface area (Å²) in [6, 6.07) is 0. The molecule has 0 bridgehead atoms. The van der Waals surface area contributed by atoms with Crippen LogP contribution in [0.1, 0.15) is 10.4 Å². The molecule has 0 atom stereocenters. The van der Waals surface area contributed by atoms with Crippen molar-refractivity contribution in [3.63, 3.8) is 0 Å². The van der Waals surface area contributed by atoms with E-state index in [2.05, 4.69) is 21.9 Å². The molecule has 0 fully saturated rings. The summed E-state index contributed by atoms with van der Waals surface area (Å²) in [5.41, 5.74) is 7.21. The second-order valence-electron chi connectivity index (χ2n) is 4.26. The van der Waals surface area contributed by atoms with Crippen LogP contribution < -0.4 is 5.73 Å². The predicted octanol–water partition coefficient (Wildman–Crippen LogP) is 2.29. The lowest BCUT2D eigenvalue weighted by molar-refractivity contribution is 0.910. The molecular weight excluding hydrogens is 246 g/mol. The Bertz CT molecular complexity index is 740. The van der Waals surface area contributed by atoms with Gasteiger partial charge in [-0.15, -0.1) is 11.3 Å². The molecule has 0 saturated carbocycles. The van der Waals surface area contributed by atoms with Crippen molar-refractivity contribution in [1.29, 1.82) is 0 Å². The number of aromatic nitrogens is 4. The van der Waals surface area contributed by atoms with Gasteiger partial charge in [-0.25, -0.2) is 15.0 Å². The van der Waals surface area contributed by atoms with E-state index in [0.29, 0.717) is 11.6 Å². The van der Waals surface area contributed by atoms with Crippen molar-refractivity contribution in [2.45, 2.75) is 13.8 Å². The quantitative estimate of drug-likeness (QED) is 0.728. The molecule has 0 saturated heterocycles. The smallest absolute Gasteiger partial charge is 0.199 e. The molecule has 92 valence electrons. The maximum Gasteiger partial charge on any atom is 0.199 e. The van der Waals surface area contributed by atoms with Gasteiger partial charge in [0, 0.05) is 24.3 Å². The highest BCUT2D eigenvalue weighted by Gasteiger charge is 2.15. The highest BCUT2D eigenvalue weighted by atomic mass is 32.1. The Morgan fingerprint density at radius 2 is 2.06 bits per heavy atom. The number of imidazole rings is 1. The third-order valence-corrected chi connectivity index (χ3v) is 4.18. The fourth-order valence-electron chi connectivity index (χ4n) is 1.96. The number of thiophene rings is 1. The standard InChI is InChI=1S/C12H13N5S/c1-6-7(2)18-12-8(6)9(13)15-10(16-12)11-14-4-5-17(11)3/h4-5H,1-3H3,(H2,13,15,16). The Morgan fingerprint density at radius 1 is 1.28 bits per heavy atom. The molecule has 18 heavy (non-hydrogen) atoms. The molecule has 0 aliphatic carbocycles. The molecule has 2 N–H and O–H groups in total. The van der Waals surface area contributed by atoms with Crippen molar-refractivity contribution in [3.05, 3.63) is 22.8 Å². The monoisotopic (exact) mass is 259 g/mol. The van der Waals surface area contributed by atoms with Gasteiger partial charge < -0.3 is 10.3 Å². The molecule has 5 nitrogen and oxygen atoms in total. The fourth-order valence-corrected chi connectivity index (χ4v) is 3.00. The molecule has 3 rings (SSSR count). The van der Waals surface area contributed by atoms with E-state index in [1.165, 1.54) is 10.4 Å². The lowest BCUT2D eigenvalue weighted by atomic mass is 10.2. The Labute approximate surface area is 108 Å². The van der Waals surface area contributed by atoms with E-state index >= 15 is 0 Å². The van der Waals surface area contributed by atoms with Gasteiger partial charge in [-0.05, 0) is 19.4 Å². The highest BCUT2D eigenvalue weighted by Crippen LogP contribution is 2.33. The van der Waals surface area contributed by atoms with Crippen LogP contribution in [0, 0.1) is 13.8 Å². The van der Waals surface area contributed by atoms with E-state index in [4.69, 9.17) is 5.73 Å². The average Bonchev–Trinajstić information content (AvgIpc) is 2.84. The first-order chi connectivity index (χ1) is 8.58. The van der Waals surface area contributed by atoms with Crippen LogP contribution in [0.25, 0.3) is 21.9 Å². The van der Waals surface area contributed by atoms with Crippen molar-refractivity contribution in [1.82, 2.24) is 19.5 Å². The normalized spacial score (nSPS) is 11.3. The number of fused-ring (bicyclic) bond motifs is 1. The first-order valence-electron chi connectivity index (χ1n) is 5.59. The third-order valence-electron chi connectivity index (χ3n) is 3.08. The lowest BCUT2D eigenvalue weighted by Crippen LogP contribution is -2.00. The van der Waals surface area contributed by atoms with Crippen LogP contribution in [0.5, 0.6) is 0 Å². The van der Waals surface area contributed by atoms with E-state index < -0.39 is 0 Å². The number of aryl methyl sites for hydroxylation is 3.